The third-order valence-electron chi connectivity index (χ3n) is 4.50. The number of hydrogen-bond donors (Lipinski definition) is 0. The van der Waals surface area contributed by atoms with E-state index in [0.29, 0.717) is 6.07 Å². The summed E-state index contributed by atoms with van der Waals surface area (Å²) in [6.07, 6.45) is -9.33. The van der Waals surface area contributed by atoms with Gasteiger partial charge in [0, 0.05) is 12.6 Å². The Morgan fingerprint density at radius 2 is 1.45 bits per heavy atom. The van der Waals surface area contributed by atoms with Gasteiger partial charge in [-0.3, -0.25) is 0 Å². The molecule has 0 spiro atoms. The highest BCUT2D eigenvalue weighted by molar-refractivity contribution is 5.61. The van der Waals surface area contributed by atoms with Gasteiger partial charge in [0.2, 0.25) is 0 Å². The second-order valence-electron chi connectivity index (χ2n) is 7.23. The lowest BCUT2D eigenvalue weighted by molar-refractivity contribution is -0.138. The van der Waals surface area contributed by atoms with Crippen molar-refractivity contribution in [1.29, 1.82) is 0 Å². The van der Waals surface area contributed by atoms with E-state index in [2.05, 4.69) is 10.2 Å². The van der Waals surface area contributed by atoms with Crippen LogP contribution < -0.4 is 4.74 Å². The molecule has 0 aliphatic carbocycles. The molecule has 31 heavy (non-hydrogen) atoms. The summed E-state index contributed by atoms with van der Waals surface area (Å²) in [5.41, 5.74) is -3.70. The molecule has 1 aromatic heterocycles. The van der Waals surface area contributed by atoms with Gasteiger partial charge in [-0.25, -0.2) is 4.39 Å². The normalized spacial score (nSPS) is 12.8. The second-order valence-corrected chi connectivity index (χ2v) is 7.23. The average Bonchev–Trinajstić information content (AvgIpc) is 3.02. The van der Waals surface area contributed by atoms with Crippen LogP contribution in [0.1, 0.15) is 30.8 Å². The van der Waals surface area contributed by atoms with Crippen LogP contribution >= 0.6 is 0 Å². The first-order valence-electron chi connectivity index (χ1n) is 8.83. The Balaban J connectivity index is 1.96. The Morgan fingerprint density at radius 3 is 2.00 bits per heavy atom. The van der Waals surface area contributed by atoms with Crippen LogP contribution in [-0.2, 0) is 25.0 Å². The smallest absolute Gasteiger partial charge is 0.417 e. The number of alkyl halides is 6. The lowest BCUT2D eigenvalue weighted by atomic mass is 10.1. The second kappa shape index (κ2) is 7.54. The first kappa shape index (κ1) is 22.6. The van der Waals surface area contributed by atoms with Gasteiger partial charge in [-0.15, -0.1) is 10.2 Å². The fraction of sp³-hybridized carbons (Fsp3) is 0.300. The van der Waals surface area contributed by atoms with Crippen molar-refractivity contribution in [1.82, 2.24) is 14.8 Å². The van der Waals surface area contributed by atoms with E-state index >= 15 is 0 Å². The molecule has 3 aromatic rings. The van der Waals surface area contributed by atoms with Crippen LogP contribution in [-0.4, -0.2) is 14.8 Å². The van der Waals surface area contributed by atoms with Gasteiger partial charge >= 0.3 is 12.4 Å². The molecule has 0 aliphatic heterocycles. The first-order chi connectivity index (χ1) is 14.2. The summed E-state index contributed by atoms with van der Waals surface area (Å²) in [5, 5.41) is 7.72. The summed E-state index contributed by atoms with van der Waals surface area (Å²) in [6.45, 7) is 3.07. The molecule has 0 atom stereocenters. The standard InChI is InChI=1S/C20H16F7N3O/c1-18(2,31-13-7-4-11(5-8-13)19(22,23)24)17-29-28-16(30(17)3)14-9-6-12(21)10-15(14)20(25,26)27/h4-10H,1-3H3. The minimum absolute atomic E-state index is 0.0975. The van der Waals surface area contributed by atoms with Gasteiger partial charge in [-0.1, -0.05) is 0 Å². The topological polar surface area (TPSA) is 39.9 Å². The van der Waals surface area contributed by atoms with E-state index in [4.69, 9.17) is 4.74 Å². The minimum Gasteiger partial charge on any atom is -0.480 e. The van der Waals surface area contributed by atoms with Gasteiger partial charge in [0.05, 0.1) is 11.1 Å². The number of halogens is 7. The molecule has 0 radical (unpaired) electrons. The molecule has 1 heterocycles. The maximum absolute atomic E-state index is 13.4. The molecule has 0 amide bonds. The maximum atomic E-state index is 13.4. The minimum atomic E-state index is -4.82. The van der Waals surface area contributed by atoms with Crippen LogP contribution in [0.3, 0.4) is 0 Å². The number of ether oxygens (including phenoxy) is 1. The van der Waals surface area contributed by atoms with E-state index in [1.807, 2.05) is 0 Å². The Labute approximate surface area is 172 Å². The molecule has 0 fully saturated rings. The first-order valence-corrected chi connectivity index (χ1v) is 8.83. The van der Waals surface area contributed by atoms with E-state index < -0.39 is 34.9 Å². The summed E-state index contributed by atoms with van der Waals surface area (Å²) in [4.78, 5) is 0. The average molecular weight is 447 g/mol. The van der Waals surface area contributed by atoms with Gasteiger partial charge in [-0.2, -0.15) is 26.3 Å². The van der Waals surface area contributed by atoms with Crippen LogP contribution in [0, 0.1) is 5.82 Å². The van der Waals surface area contributed by atoms with Crippen LogP contribution in [0.15, 0.2) is 42.5 Å². The van der Waals surface area contributed by atoms with Crippen molar-refractivity contribution in [3.63, 3.8) is 0 Å². The van der Waals surface area contributed by atoms with Crippen molar-refractivity contribution in [3.05, 3.63) is 65.2 Å². The summed E-state index contributed by atoms with van der Waals surface area (Å²) in [5.74, 6) is -1.02. The zero-order valence-electron chi connectivity index (χ0n) is 16.4. The lowest BCUT2D eigenvalue weighted by Gasteiger charge is -2.26. The van der Waals surface area contributed by atoms with E-state index in [0.717, 1.165) is 36.4 Å². The summed E-state index contributed by atoms with van der Waals surface area (Å²) < 4.78 is 98.6. The molecular weight excluding hydrogens is 431 g/mol. The van der Waals surface area contributed by atoms with E-state index in [9.17, 15) is 30.7 Å². The number of rotatable bonds is 4. The van der Waals surface area contributed by atoms with Crippen LogP contribution in [0.2, 0.25) is 0 Å². The molecule has 0 saturated heterocycles. The van der Waals surface area contributed by atoms with Crippen LogP contribution in [0.5, 0.6) is 5.75 Å². The molecule has 0 unspecified atom stereocenters. The Morgan fingerprint density at radius 1 is 0.839 bits per heavy atom. The Hall–Kier alpha value is -3.11. The van der Waals surface area contributed by atoms with Crippen molar-refractivity contribution in [2.75, 3.05) is 0 Å². The molecule has 0 aliphatic rings. The SMILES string of the molecule is Cn1c(-c2ccc(F)cc2C(F)(F)F)nnc1C(C)(C)Oc1ccc(C(F)(F)F)cc1. The third kappa shape index (κ3) is 4.64. The molecule has 2 aromatic carbocycles. The molecule has 11 heteroatoms. The molecule has 0 N–H and O–H groups in total. The van der Waals surface area contributed by atoms with Gasteiger partial charge in [-0.05, 0) is 56.3 Å². The fourth-order valence-corrected chi connectivity index (χ4v) is 3.09. The predicted octanol–water partition coefficient (Wildman–Crippen LogP) is 5.97. The molecule has 3 rings (SSSR count). The predicted molar refractivity (Wildman–Crippen MR) is 96.5 cm³/mol. The Kier molecular flexibility index (Phi) is 5.49. The highest BCUT2D eigenvalue weighted by Gasteiger charge is 2.37. The van der Waals surface area contributed by atoms with Crippen molar-refractivity contribution < 1.29 is 35.5 Å². The number of benzene rings is 2. The summed E-state index contributed by atoms with van der Waals surface area (Å²) >= 11 is 0. The van der Waals surface area contributed by atoms with Crippen molar-refractivity contribution in [2.45, 2.75) is 31.8 Å². The fourth-order valence-electron chi connectivity index (χ4n) is 3.09. The van der Waals surface area contributed by atoms with Crippen molar-refractivity contribution >= 4 is 0 Å². The number of aromatic nitrogens is 3. The largest absolute Gasteiger partial charge is 0.480 e. The van der Waals surface area contributed by atoms with Crippen molar-refractivity contribution in [3.8, 4) is 17.1 Å². The van der Waals surface area contributed by atoms with Crippen LogP contribution in [0.4, 0.5) is 30.7 Å². The Bertz CT molecular complexity index is 1080. The van der Waals surface area contributed by atoms with Gasteiger partial charge in [0.15, 0.2) is 17.2 Å². The summed E-state index contributed by atoms with van der Waals surface area (Å²) in [7, 11) is 1.41. The maximum Gasteiger partial charge on any atom is 0.417 e. The van der Waals surface area contributed by atoms with Crippen molar-refractivity contribution in [2.24, 2.45) is 7.05 Å². The number of hydrogen-bond acceptors (Lipinski definition) is 3. The van der Waals surface area contributed by atoms with Gasteiger partial charge in [0.1, 0.15) is 11.6 Å². The highest BCUT2D eigenvalue weighted by Crippen LogP contribution is 2.38. The third-order valence-corrected chi connectivity index (χ3v) is 4.50. The highest BCUT2D eigenvalue weighted by atomic mass is 19.4. The quantitative estimate of drug-likeness (QED) is 0.463. The zero-order chi connectivity index (χ0) is 23.2. The zero-order valence-corrected chi connectivity index (χ0v) is 16.4. The molecule has 4 nitrogen and oxygen atoms in total. The lowest BCUT2D eigenvalue weighted by Crippen LogP contribution is -2.29. The number of nitrogens with zero attached hydrogens (tertiary/aromatic N) is 3. The monoisotopic (exact) mass is 447 g/mol. The van der Waals surface area contributed by atoms with Crippen LogP contribution in [0.25, 0.3) is 11.4 Å². The van der Waals surface area contributed by atoms with E-state index in [1.54, 1.807) is 0 Å². The molecule has 0 bridgehead atoms. The molecule has 0 saturated carbocycles. The van der Waals surface area contributed by atoms with Gasteiger partial charge in [0.25, 0.3) is 0 Å². The van der Waals surface area contributed by atoms with Gasteiger partial charge < -0.3 is 9.30 Å². The molecular formula is C20H16F7N3O. The van der Waals surface area contributed by atoms with E-state index in [-0.39, 0.29) is 23.0 Å². The molecule has 166 valence electrons. The van der Waals surface area contributed by atoms with E-state index in [1.165, 1.54) is 25.5 Å². The summed E-state index contributed by atoms with van der Waals surface area (Å²) in [6, 6.07) is 6.16.